The van der Waals surface area contributed by atoms with Gasteiger partial charge in [0.1, 0.15) is 18.7 Å². The third-order valence-corrected chi connectivity index (χ3v) is 3.78. The summed E-state index contributed by atoms with van der Waals surface area (Å²) in [5.74, 6) is 1.61. The number of aromatic nitrogens is 3. The molecule has 0 aliphatic heterocycles. The van der Waals surface area contributed by atoms with Gasteiger partial charge in [0.2, 0.25) is 0 Å². The highest BCUT2D eigenvalue weighted by Crippen LogP contribution is 2.15. The number of aryl methyl sites for hydroxylation is 1. The van der Waals surface area contributed by atoms with Crippen LogP contribution in [-0.2, 0) is 18.3 Å². The van der Waals surface area contributed by atoms with E-state index in [0.29, 0.717) is 13.2 Å². The van der Waals surface area contributed by atoms with Crippen molar-refractivity contribution >= 4 is 29.9 Å². The maximum absolute atomic E-state index is 5.88. The zero-order valence-electron chi connectivity index (χ0n) is 15.7. The van der Waals surface area contributed by atoms with Crippen LogP contribution < -0.4 is 10.6 Å². The second-order valence-corrected chi connectivity index (χ2v) is 5.70. The van der Waals surface area contributed by atoms with Crippen molar-refractivity contribution in [2.75, 3.05) is 19.7 Å². The first-order chi connectivity index (χ1) is 12.2. The van der Waals surface area contributed by atoms with E-state index in [1.54, 1.807) is 4.68 Å². The smallest absolute Gasteiger partial charge is 0.191 e. The highest BCUT2D eigenvalue weighted by atomic mass is 127. The van der Waals surface area contributed by atoms with Crippen LogP contribution in [0.1, 0.15) is 37.8 Å². The Morgan fingerprint density at radius 1 is 1.27 bits per heavy atom. The summed E-state index contributed by atoms with van der Waals surface area (Å²) in [5.41, 5.74) is 1.20. The number of aliphatic imine (C=N–C) groups is 1. The number of halogens is 1. The van der Waals surface area contributed by atoms with Crippen molar-refractivity contribution in [3.05, 3.63) is 48.0 Å². The van der Waals surface area contributed by atoms with Crippen LogP contribution in [0.5, 0.6) is 0 Å². The van der Waals surface area contributed by atoms with Gasteiger partial charge in [-0.1, -0.05) is 30.3 Å². The van der Waals surface area contributed by atoms with Crippen LogP contribution >= 0.6 is 24.0 Å². The monoisotopic (exact) mass is 472 g/mol. The quantitative estimate of drug-likeness (QED) is 0.254. The fourth-order valence-electron chi connectivity index (χ4n) is 2.31. The first-order valence-electron chi connectivity index (χ1n) is 8.72. The van der Waals surface area contributed by atoms with Gasteiger partial charge in [0, 0.05) is 26.7 Å². The van der Waals surface area contributed by atoms with E-state index >= 15 is 0 Å². The summed E-state index contributed by atoms with van der Waals surface area (Å²) >= 11 is 0. The Kier molecular flexibility index (Phi) is 10.9. The Morgan fingerprint density at radius 3 is 2.69 bits per heavy atom. The van der Waals surface area contributed by atoms with E-state index in [2.05, 4.69) is 44.8 Å². The van der Waals surface area contributed by atoms with Gasteiger partial charge in [-0.15, -0.1) is 24.0 Å². The molecule has 0 saturated carbocycles. The van der Waals surface area contributed by atoms with Crippen LogP contribution in [0.2, 0.25) is 0 Å². The number of nitrogens with one attached hydrogen (secondary N) is 2. The van der Waals surface area contributed by atoms with Gasteiger partial charge >= 0.3 is 0 Å². The van der Waals surface area contributed by atoms with Crippen LogP contribution in [0, 0.1) is 0 Å². The standard InChI is InChI=1S/C18H28N6O.HI/c1-4-19-18(21-13-17-22-14-23-24(17)3)20-11-8-12-25-15(2)16-9-6-5-7-10-16;/h5-7,9-10,14-15H,4,8,11-13H2,1-3H3,(H2,19,20,21);1H. The Morgan fingerprint density at radius 2 is 2.04 bits per heavy atom. The lowest BCUT2D eigenvalue weighted by Gasteiger charge is -2.14. The molecule has 144 valence electrons. The SMILES string of the molecule is CCNC(=NCc1ncnn1C)NCCCOC(C)c1ccccc1.I. The van der Waals surface area contributed by atoms with Crippen LogP contribution in [0.3, 0.4) is 0 Å². The summed E-state index contributed by atoms with van der Waals surface area (Å²) in [5, 5.41) is 10.6. The maximum Gasteiger partial charge on any atom is 0.191 e. The molecule has 1 heterocycles. The van der Waals surface area contributed by atoms with Gasteiger partial charge in [-0.25, -0.2) is 9.98 Å². The second kappa shape index (κ2) is 12.6. The van der Waals surface area contributed by atoms with Crippen molar-refractivity contribution in [3.8, 4) is 0 Å². The number of nitrogens with zero attached hydrogens (tertiary/aromatic N) is 4. The van der Waals surface area contributed by atoms with Crippen molar-refractivity contribution in [2.45, 2.75) is 32.9 Å². The molecule has 7 nitrogen and oxygen atoms in total. The van der Waals surface area contributed by atoms with Gasteiger partial charge in [-0.05, 0) is 25.8 Å². The first kappa shape index (κ1) is 22.4. The lowest BCUT2D eigenvalue weighted by atomic mass is 10.1. The largest absolute Gasteiger partial charge is 0.374 e. The summed E-state index contributed by atoms with van der Waals surface area (Å²) in [6.45, 7) is 6.93. The summed E-state index contributed by atoms with van der Waals surface area (Å²) < 4.78 is 7.61. The fourth-order valence-corrected chi connectivity index (χ4v) is 2.31. The number of ether oxygens (including phenoxy) is 1. The van der Waals surface area contributed by atoms with E-state index in [4.69, 9.17) is 4.74 Å². The third kappa shape index (κ3) is 7.69. The molecule has 1 aromatic heterocycles. The Hall–Kier alpha value is -1.68. The third-order valence-electron chi connectivity index (χ3n) is 3.78. The molecule has 2 rings (SSSR count). The van der Waals surface area contributed by atoms with Crippen LogP contribution in [0.4, 0.5) is 0 Å². The van der Waals surface area contributed by atoms with Crippen molar-refractivity contribution in [1.29, 1.82) is 0 Å². The molecule has 1 unspecified atom stereocenters. The van der Waals surface area contributed by atoms with Crippen molar-refractivity contribution in [3.63, 3.8) is 0 Å². The Bertz CT molecular complexity index is 646. The van der Waals surface area contributed by atoms with Gasteiger partial charge in [0.25, 0.3) is 0 Å². The van der Waals surface area contributed by atoms with Gasteiger partial charge in [-0.2, -0.15) is 5.10 Å². The minimum atomic E-state index is 0. The summed E-state index contributed by atoms with van der Waals surface area (Å²) in [7, 11) is 1.86. The first-order valence-corrected chi connectivity index (χ1v) is 8.72. The number of rotatable bonds is 9. The number of benzene rings is 1. The Labute approximate surface area is 172 Å². The minimum Gasteiger partial charge on any atom is -0.374 e. The average Bonchev–Trinajstić information content (AvgIpc) is 3.04. The molecule has 0 saturated heterocycles. The van der Waals surface area contributed by atoms with E-state index in [1.165, 1.54) is 11.9 Å². The van der Waals surface area contributed by atoms with Crippen LogP contribution in [0.15, 0.2) is 41.7 Å². The molecule has 0 amide bonds. The lowest BCUT2D eigenvalue weighted by molar-refractivity contribution is 0.0646. The predicted octanol–water partition coefficient (Wildman–Crippen LogP) is 2.66. The van der Waals surface area contributed by atoms with Crippen molar-refractivity contribution in [2.24, 2.45) is 12.0 Å². The predicted molar refractivity (Wildman–Crippen MR) is 115 cm³/mol. The van der Waals surface area contributed by atoms with E-state index in [-0.39, 0.29) is 30.1 Å². The Balaban J connectivity index is 0.00000338. The second-order valence-electron chi connectivity index (χ2n) is 5.70. The van der Waals surface area contributed by atoms with Gasteiger partial charge in [0.05, 0.1) is 6.10 Å². The van der Waals surface area contributed by atoms with Gasteiger partial charge in [0.15, 0.2) is 5.96 Å². The molecular weight excluding hydrogens is 443 g/mol. The average molecular weight is 472 g/mol. The highest BCUT2D eigenvalue weighted by molar-refractivity contribution is 14.0. The van der Waals surface area contributed by atoms with E-state index < -0.39 is 0 Å². The normalized spacial score (nSPS) is 12.3. The van der Waals surface area contributed by atoms with E-state index in [9.17, 15) is 0 Å². The molecule has 0 fully saturated rings. The molecule has 8 heteroatoms. The number of hydrogen-bond acceptors (Lipinski definition) is 4. The molecule has 2 N–H and O–H groups in total. The molecule has 26 heavy (non-hydrogen) atoms. The van der Waals surface area contributed by atoms with E-state index in [1.807, 2.05) is 32.2 Å². The zero-order valence-corrected chi connectivity index (χ0v) is 18.0. The van der Waals surface area contributed by atoms with Gasteiger partial charge < -0.3 is 15.4 Å². The van der Waals surface area contributed by atoms with Crippen LogP contribution in [0.25, 0.3) is 0 Å². The van der Waals surface area contributed by atoms with Crippen molar-refractivity contribution < 1.29 is 4.74 Å². The number of hydrogen-bond donors (Lipinski definition) is 2. The molecule has 0 aliphatic rings. The lowest BCUT2D eigenvalue weighted by Crippen LogP contribution is -2.38. The molecular formula is C18H29IN6O. The van der Waals surface area contributed by atoms with Crippen LogP contribution in [-0.4, -0.2) is 40.4 Å². The summed E-state index contributed by atoms with van der Waals surface area (Å²) in [4.78, 5) is 8.70. The highest BCUT2D eigenvalue weighted by Gasteiger charge is 2.05. The molecule has 0 bridgehead atoms. The van der Waals surface area contributed by atoms with Crippen molar-refractivity contribution in [1.82, 2.24) is 25.4 Å². The molecule has 0 aliphatic carbocycles. The van der Waals surface area contributed by atoms with Gasteiger partial charge in [-0.3, -0.25) is 4.68 Å². The molecule has 2 aromatic rings. The molecule has 0 spiro atoms. The maximum atomic E-state index is 5.88. The molecule has 0 radical (unpaired) electrons. The van der Waals surface area contributed by atoms with E-state index in [0.717, 1.165) is 31.3 Å². The molecule has 1 aromatic carbocycles. The minimum absolute atomic E-state index is 0. The fraction of sp³-hybridized carbons (Fsp3) is 0.500. The number of guanidine groups is 1. The molecule has 1 atom stereocenters. The zero-order chi connectivity index (χ0) is 17.9. The summed E-state index contributed by atoms with van der Waals surface area (Å²) in [6.07, 6.45) is 2.56. The topological polar surface area (TPSA) is 76.4 Å². The summed E-state index contributed by atoms with van der Waals surface area (Å²) in [6, 6.07) is 10.3.